The fourth-order valence-corrected chi connectivity index (χ4v) is 2.26. The van der Waals surface area contributed by atoms with E-state index < -0.39 is 23.9 Å². The zero-order chi connectivity index (χ0) is 21.9. The number of ether oxygens (including phenoxy) is 4. The van der Waals surface area contributed by atoms with Crippen LogP contribution in [0.4, 0.5) is 0 Å². The Morgan fingerprint density at radius 1 is 0.800 bits per heavy atom. The second kappa shape index (κ2) is 11.2. The van der Waals surface area contributed by atoms with Crippen LogP contribution in [0.25, 0.3) is 6.08 Å². The number of esters is 4. The van der Waals surface area contributed by atoms with Gasteiger partial charge in [-0.1, -0.05) is 24.3 Å². The Morgan fingerprint density at radius 3 is 2.10 bits per heavy atom. The average molecular weight is 412 g/mol. The third kappa shape index (κ3) is 7.59. The highest BCUT2D eigenvalue weighted by Gasteiger charge is 2.15. The van der Waals surface area contributed by atoms with Gasteiger partial charge in [0.15, 0.2) is 0 Å². The van der Waals surface area contributed by atoms with Crippen LogP contribution in [0, 0.1) is 0 Å². The Labute approximate surface area is 173 Å². The number of carbonyl (C=O) groups excluding carboxylic acids is 4. The zero-order valence-corrected chi connectivity index (χ0v) is 16.5. The minimum atomic E-state index is -0.702. The molecule has 8 heteroatoms. The van der Waals surface area contributed by atoms with Crippen LogP contribution >= 0.6 is 0 Å². The van der Waals surface area contributed by atoms with Crippen molar-refractivity contribution in [2.45, 2.75) is 13.8 Å². The molecule has 0 aliphatic rings. The van der Waals surface area contributed by atoms with Gasteiger partial charge in [0.05, 0.1) is 0 Å². The Kier molecular flexibility index (Phi) is 8.31. The summed E-state index contributed by atoms with van der Waals surface area (Å²) in [7, 11) is 0. The van der Waals surface area contributed by atoms with Gasteiger partial charge in [-0.25, -0.2) is 9.59 Å². The molecule has 0 fully saturated rings. The molecule has 0 atom stereocenters. The van der Waals surface area contributed by atoms with E-state index in [0.29, 0.717) is 11.3 Å². The maximum absolute atomic E-state index is 12.1. The lowest BCUT2D eigenvalue weighted by molar-refractivity contribution is -0.139. The van der Waals surface area contributed by atoms with Crippen molar-refractivity contribution >= 4 is 30.0 Å². The first kappa shape index (κ1) is 22.4. The summed E-state index contributed by atoms with van der Waals surface area (Å²) in [5.41, 5.74) is 0.799. The minimum Gasteiger partial charge on any atom is -0.459 e. The molecule has 0 aliphatic heterocycles. The lowest BCUT2D eigenvalue weighted by Crippen LogP contribution is -2.14. The van der Waals surface area contributed by atoms with Crippen molar-refractivity contribution in [2.75, 3.05) is 13.2 Å². The molecule has 156 valence electrons. The minimum absolute atomic E-state index is 0.0923. The maximum Gasteiger partial charge on any atom is 0.342 e. The Balaban J connectivity index is 1.77. The van der Waals surface area contributed by atoms with Crippen molar-refractivity contribution in [1.82, 2.24) is 0 Å². The van der Waals surface area contributed by atoms with Crippen molar-refractivity contribution in [2.24, 2.45) is 0 Å². The molecule has 0 saturated heterocycles. The maximum atomic E-state index is 12.1. The van der Waals surface area contributed by atoms with Gasteiger partial charge in [0.2, 0.25) is 0 Å². The van der Waals surface area contributed by atoms with E-state index in [1.807, 2.05) is 0 Å². The summed E-state index contributed by atoms with van der Waals surface area (Å²) in [6, 6.07) is 12.7. The second-order valence-electron chi connectivity index (χ2n) is 5.89. The summed E-state index contributed by atoms with van der Waals surface area (Å²) in [6.45, 7) is 2.23. The van der Waals surface area contributed by atoms with Gasteiger partial charge >= 0.3 is 23.9 Å². The van der Waals surface area contributed by atoms with Crippen molar-refractivity contribution < 1.29 is 38.1 Å². The van der Waals surface area contributed by atoms with Crippen molar-refractivity contribution in [3.63, 3.8) is 0 Å². The molecular formula is C22H20O8. The summed E-state index contributed by atoms with van der Waals surface area (Å²) >= 11 is 0. The fourth-order valence-electron chi connectivity index (χ4n) is 2.26. The molecule has 0 radical (unpaired) electrons. The molecular weight excluding hydrogens is 392 g/mol. The number of hydrogen-bond acceptors (Lipinski definition) is 8. The van der Waals surface area contributed by atoms with Crippen molar-refractivity contribution in [3.05, 3.63) is 65.7 Å². The highest BCUT2D eigenvalue weighted by molar-refractivity contribution is 5.93. The molecule has 0 unspecified atom stereocenters. The van der Waals surface area contributed by atoms with Crippen LogP contribution in [-0.4, -0.2) is 37.1 Å². The number of para-hydroxylation sites is 1. The SMILES string of the molecule is CC(=O)Oc1ccc(C=CC(=O)OCCOC(=O)c2ccccc2OC(C)=O)cc1. The third-order valence-corrected chi connectivity index (χ3v) is 3.48. The first-order valence-electron chi connectivity index (χ1n) is 8.93. The largest absolute Gasteiger partial charge is 0.459 e. The van der Waals surface area contributed by atoms with Crippen LogP contribution in [0.2, 0.25) is 0 Å². The monoisotopic (exact) mass is 412 g/mol. The first-order valence-corrected chi connectivity index (χ1v) is 8.93. The predicted octanol–water partition coefficient (Wildman–Crippen LogP) is 2.95. The van der Waals surface area contributed by atoms with Gasteiger partial charge < -0.3 is 18.9 Å². The van der Waals surface area contributed by atoms with Crippen LogP contribution in [0.5, 0.6) is 11.5 Å². The quantitative estimate of drug-likeness (QED) is 0.282. The van der Waals surface area contributed by atoms with Gasteiger partial charge in [-0.15, -0.1) is 0 Å². The second-order valence-corrected chi connectivity index (χ2v) is 5.89. The van der Waals surface area contributed by atoms with E-state index in [9.17, 15) is 19.2 Å². The summed E-state index contributed by atoms with van der Waals surface area (Å²) < 4.78 is 19.9. The number of hydrogen-bond donors (Lipinski definition) is 0. The van der Waals surface area contributed by atoms with Crippen LogP contribution in [0.1, 0.15) is 29.8 Å². The third-order valence-electron chi connectivity index (χ3n) is 3.48. The normalized spacial score (nSPS) is 10.3. The van der Waals surface area contributed by atoms with E-state index in [1.54, 1.807) is 36.4 Å². The van der Waals surface area contributed by atoms with Crippen LogP contribution in [0.15, 0.2) is 54.6 Å². The van der Waals surface area contributed by atoms with Crippen LogP contribution in [0.3, 0.4) is 0 Å². The van der Waals surface area contributed by atoms with E-state index >= 15 is 0 Å². The van der Waals surface area contributed by atoms with Crippen molar-refractivity contribution in [3.8, 4) is 11.5 Å². The van der Waals surface area contributed by atoms with Gasteiger partial charge in [-0.05, 0) is 35.9 Å². The van der Waals surface area contributed by atoms with Crippen molar-refractivity contribution in [1.29, 1.82) is 0 Å². The molecule has 0 saturated carbocycles. The van der Waals surface area contributed by atoms with Crippen LogP contribution < -0.4 is 9.47 Å². The molecule has 2 aromatic rings. The molecule has 0 aromatic heterocycles. The molecule has 2 aromatic carbocycles. The van der Waals surface area contributed by atoms with E-state index in [2.05, 4.69) is 0 Å². The predicted molar refractivity (Wildman–Crippen MR) is 106 cm³/mol. The fraction of sp³-hybridized carbons (Fsp3) is 0.182. The lowest BCUT2D eigenvalue weighted by atomic mass is 10.2. The summed E-state index contributed by atoms with van der Waals surface area (Å²) in [6.07, 6.45) is 2.75. The molecule has 0 amide bonds. The molecule has 0 heterocycles. The lowest BCUT2D eigenvalue weighted by Gasteiger charge is -2.09. The van der Waals surface area contributed by atoms with E-state index in [4.69, 9.17) is 18.9 Å². The highest BCUT2D eigenvalue weighted by atomic mass is 16.6. The smallest absolute Gasteiger partial charge is 0.342 e. The van der Waals surface area contributed by atoms with E-state index in [1.165, 1.54) is 38.1 Å². The first-order chi connectivity index (χ1) is 14.3. The Hall–Kier alpha value is -3.94. The molecule has 0 aliphatic carbocycles. The van der Waals surface area contributed by atoms with Gasteiger partial charge in [0, 0.05) is 19.9 Å². The van der Waals surface area contributed by atoms with Gasteiger partial charge in [0.25, 0.3) is 0 Å². The Bertz CT molecular complexity index is 944. The summed E-state index contributed by atoms with van der Waals surface area (Å²) in [5, 5.41) is 0. The standard InChI is InChI=1S/C22H20O8/c1-15(23)29-18-10-7-17(8-11-18)9-12-21(25)27-13-14-28-22(26)19-5-3-4-6-20(19)30-16(2)24/h3-12H,13-14H2,1-2H3. The molecule has 2 rings (SSSR count). The number of benzene rings is 2. The molecule has 0 N–H and O–H groups in total. The molecule has 0 bridgehead atoms. The van der Waals surface area contributed by atoms with E-state index in [-0.39, 0.29) is 24.5 Å². The summed E-state index contributed by atoms with van der Waals surface area (Å²) in [4.78, 5) is 45.8. The summed E-state index contributed by atoms with van der Waals surface area (Å²) in [5.74, 6) is -1.80. The van der Waals surface area contributed by atoms with Crippen LogP contribution in [-0.2, 0) is 23.9 Å². The highest BCUT2D eigenvalue weighted by Crippen LogP contribution is 2.19. The van der Waals surface area contributed by atoms with Gasteiger partial charge in [-0.3, -0.25) is 9.59 Å². The van der Waals surface area contributed by atoms with E-state index in [0.717, 1.165) is 0 Å². The molecule has 8 nitrogen and oxygen atoms in total. The number of rotatable bonds is 8. The van der Waals surface area contributed by atoms with Gasteiger partial charge in [0.1, 0.15) is 30.3 Å². The number of carbonyl (C=O) groups is 4. The Morgan fingerprint density at radius 2 is 1.43 bits per heavy atom. The van der Waals surface area contributed by atoms with Gasteiger partial charge in [-0.2, -0.15) is 0 Å². The zero-order valence-electron chi connectivity index (χ0n) is 16.5. The topological polar surface area (TPSA) is 105 Å². The molecule has 0 spiro atoms. The average Bonchev–Trinajstić information content (AvgIpc) is 2.70. The molecule has 30 heavy (non-hydrogen) atoms.